The number of phenolic OH excluding ortho intramolecular Hbond substituents is 1. The summed E-state index contributed by atoms with van der Waals surface area (Å²) >= 11 is 0. The number of nitrogens with one attached hydrogen (secondary N) is 3. The molecule has 0 aliphatic rings. The number of carboxylic acid groups (broad SMARTS) is 1. The van der Waals surface area contributed by atoms with E-state index in [0.717, 1.165) is 11.1 Å². The van der Waals surface area contributed by atoms with Crippen LogP contribution >= 0.6 is 0 Å². The number of nitrogens with zero attached hydrogens (tertiary/aromatic N) is 1. The number of rotatable bonds is 13. The number of carboxylic acids is 1. The second kappa shape index (κ2) is 14.5. The molecular weight excluding hydrogens is 522 g/mol. The predicted molar refractivity (Wildman–Crippen MR) is 156 cm³/mol. The third kappa shape index (κ3) is 8.56. The summed E-state index contributed by atoms with van der Waals surface area (Å²) < 4.78 is 0. The Morgan fingerprint density at radius 3 is 1.95 bits per heavy atom. The number of carbonyl (C=O) groups excluding carboxylic acids is 2. The number of guanidine groups is 1. The molecule has 0 unspecified atom stereocenters. The van der Waals surface area contributed by atoms with Gasteiger partial charge in [-0.3, -0.25) is 19.8 Å². The average Bonchev–Trinajstić information content (AvgIpc) is 2.94. The molecule has 0 aliphatic heterocycles. The number of aromatic hydroxyl groups is 1. The number of benzene rings is 3. The molecular formula is C31H37N5O5. The van der Waals surface area contributed by atoms with E-state index >= 15 is 0 Å². The summed E-state index contributed by atoms with van der Waals surface area (Å²) in [6, 6.07) is 21.1. The molecule has 1 atom stereocenters. The normalized spacial score (nSPS) is 11.5. The maximum Gasteiger partial charge on any atom is 0.322 e. The fourth-order valence-corrected chi connectivity index (χ4v) is 4.84. The molecule has 0 bridgehead atoms. The number of carbonyl (C=O) groups is 3. The maximum atomic E-state index is 14.6. The van der Waals surface area contributed by atoms with Crippen molar-refractivity contribution in [3.63, 3.8) is 0 Å². The topological polar surface area (TPSA) is 169 Å². The Bertz CT molecular complexity index is 1300. The van der Waals surface area contributed by atoms with Gasteiger partial charge >= 0.3 is 5.97 Å². The molecule has 3 aromatic rings. The van der Waals surface area contributed by atoms with Gasteiger partial charge in [0.25, 0.3) is 0 Å². The van der Waals surface area contributed by atoms with E-state index in [1.165, 1.54) is 4.90 Å². The van der Waals surface area contributed by atoms with Gasteiger partial charge in [0.2, 0.25) is 11.8 Å². The summed E-state index contributed by atoms with van der Waals surface area (Å²) in [5.41, 5.74) is 8.88. The quantitative estimate of drug-likeness (QED) is 0.106. The summed E-state index contributed by atoms with van der Waals surface area (Å²) in [7, 11) is 0. The van der Waals surface area contributed by atoms with Gasteiger partial charge in [-0.1, -0.05) is 72.8 Å². The fourth-order valence-electron chi connectivity index (χ4n) is 4.84. The van der Waals surface area contributed by atoms with Crippen LogP contribution in [0, 0.1) is 19.3 Å². The molecule has 0 aliphatic carbocycles. The van der Waals surface area contributed by atoms with Crippen LogP contribution in [0.25, 0.3) is 0 Å². The number of aryl methyl sites for hydroxylation is 2. The van der Waals surface area contributed by atoms with Crippen molar-refractivity contribution in [3.05, 3.63) is 101 Å². The lowest BCUT2D eigenvalue weighted by Gasteiger charge is -2.34. The highest BCUT2D eigenvalue weighted by atomic mass is 16.4. The van der Waals surface area contributed by atoms with Gasteiger partial charge in [0.1, 0.15) is 18.3 Å². The van der Waals surface area contributed by atoms with Gasteiger partial charge in [-0.05, 0) is 54.5 Å². The Morgan fingerprint density at radius 2 is 1.46 bits per heavy atom. The van der Waals surface area contributed by atoms with Crippen LogP contribution in [0.15, 0.2) is 72.8 Å². The van der Waals surface area contributed by atoms with Crippen LogP contribution in [0.1, 0.15) is 46.6 Å². The van der Waals surface area contributed by atoms with Crippen molar-refractivity contribution in [1.29, 1.82) is 5.41 Å². The second-order valence-electron chi connectivity index (χ2n) is 9.91. The minimum Gasteiger partial charge on any atom is -0.507 e. The molecule has 41 heavy (non-hydrogen) atoms. The maximum absolute atomic E-state index is 14.6. The number of phenols is 1. The molecule has 10 nitrogen and oxygen atoms in total. The summed E-state index contributed by atoms with van der Waals surface area (Å²) in [6.45, 7) is 3.26. The monoisotopic (exact) mass is 559 g/mol. The van der Waals surface area contributed by atoms with Crippen LogP contribution in [0.2, 0.25) is 0 Å². The van der Waals surface area contributed by atoms with Gasteiger partial charge in [-0.15, -0.1) is 0 Å². The number of aliphatic carboxylic acids is 1. The molecule has 0 spiro atoms. The number of nitrogens with two attached hydrogens (primary N) is 1. The van der Waals surface area contributed by atoms with Crippen molar-refractivity contribution >= 4 is 23.7 Å². The third-order valence-corrected chi connectivity index (χ3v) is 6.76. The van der Waals surface area contributed by atoms with Crippen LogP contribution in [0.3, 0.4) is 0 Å². The Labute approximate surface area is 239 Å². The van der Waals surface area contributed by atoms with Crippen LogP contribution in [-0.2, 0) is 20.9 Å². The first kappa shape index (κ1) is 30.7. The zero-order chi connectivity index (χ0) is 29.9. The molecule has 0 aromatic heterocycles. The highest BCUT2D eigenvalue weighted by Gasteiger charge is 2.35. The third-order valence-electron chi connectivity index (χ3n) is 6.76. The Morgan fingerprint density at radius 1 is 0.927 bits per heavy atom. The highest BCUT2D eigenvalue weighted by Crippen LogP contribution is 2.30. The lowest BCUT2D eigenvalue weighted by Crippen LogP contribution is -2.51. The van der Waals surface area contributed by atoms with Gasteiger partial charge in [-0.2, -0.15) is 0 Å². The molecule has 0 saturated heterocycles. The fraction of sp³-hybridized carbons (Fsp3) is 0.290. The molecule has 2 amide bonds. The summed E-state index contributed by atoms with van der Waals surface area (Å²) in [5, 5.41) is 32.1. The first-order valence-corrected chi connectivity index (χ1v) is 13.3. The molecule has 0 fully saturated rings. The van der Waals surface area contributed by atoms with E-state index in [-0.39, 0.29) is 37.1 Å². The van der Waals surface area contributed by atoms with E-state index in [9.17, 15) is 24.6 Å². The van der Waals surface area contributed by atoms with Crippen molar-refractivity contribution in [1.82, 2.24) is 15.5 Å². The van der Waals surface area contributed by atoms with Crippen molar-refractivity contribution in [2.45, 2.75) is 45.2 Å². The Balaban J connectivity index is 2.11. The largest absolute Gasteiger partial charge is 0.507 e. The molecule has 7 N–H and O–H groups in total. The van der Waals surface area contributed by atoms with Gasteiger partial charge in [-0.25, -0.2) is 0 Å². The lowest BCUT2D eigenvalue weighted by molar-refractivity contribution is -0.143. The zero-order valence-electron chi connectivity index (χ0n) is 23.3. The van der Waals surface area contributed by atoms with E-state index in [1.54, 1.807) is 26.0 Å². The van der Waals surface area contributed by atoms with Crippen LogP contribution in [0.5, 0.6) is 5.75 Å². The van der Waals surface area contributed by atoms with Crippen LogP contribution in [0.4, 0.5) is 0 Å². The standard InChI is InChI=1S/C31H37N5O5/c1-20-16-22(17-21(2)28(20)39)19-36(25(14-9-15-34-31(32)33)29(40)35-18-26(37)38)30(41)27(23-10-5-3-6-11-23)24-12-7-4-8-13-24/h3-8,10-13,16-17,25,27,39H,9,14-15,18-19H2,1-2H3,(H,35,40)(H,37,38)(H4,32,33,34)/t25-/m0/s1. The Hall–Kier alpha value is -4.86. The van der Waals surface area contributed by atoms with Gasteiger partial charge in [0, 0.05) is 13.1 Å². The van der Waals surface area contributed by atoms with Crippen molar-refractivity contribution in [3.8, 4) is 5.75 Å². The molecule has 0 radical (unpaired) electrons. The van der Waals surface area contributed by atoms with E-state index in [2.05, 4.69) is 10.6 Å². The smallest absolute Gasteiger partial charge is 0.322 e. The predicted octanol–water partition coefficient (Wildman–Crippen LogP) is 3.00. The minimum atomic E-state index is -1.20. The van der Waals surface area contributed by atoms with Crippen LogP contribution < -0.4 is 16.4 Å². The number of hydrogen-bond donors (Lipinski definition) is 6. The minimum absolute atomic E-state index is 0.0439. The molecule has 0 heterocycles. The molecule has 216 valence electrons. The number of amides is 2. The summed E-state index contributed by atoms with van der Waals surface area (Å²) in [5.74, 6) is -2.93. The van der Waals surface area contributed by atoms with Gasteiger partial charge < -0.3 is 31.5 Å². The zero-order valence-corrected chi connectivity index (χ0v) is 23.3. The number of hydrogen-bond acceptors (Lipinski definition) is 5. The molecule has 3 rings (SSSR count). The average molecular weight is 560 g/mol. The summed E-state index contributed by atoms with van der Waals surface area (Å²) in [4.78, 5) is 40.9. The van der Waals surface area contributed by atoms with E-state index in [1.807, 2.05) is 60.7 Å². The van der Waals surface area contributed by atoms with Gasteiger partial charge in [0.05, 0.1) is 5.92 Å². The van der Waals surface area contributed by atoms with Crippen molar-refractivity contribution < 1.29 is 24.6 Å². The molecule has 10 heteroatoms. The lowest BCUT2D eigenvalue weighted by atomic mass is 9.89. The van der Waals surface area contributed by atoms with Crippen molar-refractivity contribution in [2.24, 2.45) is 5.73 Å². The van der Waals surface area contributed by atoms with E-state index < -0.39 is 30.4 Å². The van der Waals surface area contributed by atoms with Crippen LogP contribution in [-0.4, -0.2) is 58.0 Å². The molecule has 0 saturated carbocycles. The van der Waals surface area contributed by atoms with E-state index in [0.29, 0.717) is 23.1 Å². The SMILES string of the molecule is Cc1cc(CN(C(=O)C(c2ccccc2)c2ccccc2)[C@@H](CCCNC(=N)N)C(=O)NCC(=O)O)cc(C)c1O. The highest BCUT2D eigenvalue weighted by molar-refractivity contribution is 5.93. The Kier molecular flexibility index (Phi) is 10.9. The molecule has 3 aromatic carbocycles. The van der Waals surface area contributed by atoms with Crippen molar-refractivity contribution in [2.75, 3.05) is 13.1 Å². The van der Waals surface area contributed by atoms with E-state index in [4.69, 9.17) is 11.1 Å². The first-order valence-electron chi connectivity index (χ1n) is 13.3. The summed E-state index contributed by atoms with van der Waals surface area (Å²) in [6.07, 6.45) is 0.563. The first-order chi connectivity index (χ1) is 19.6. The van der Waals surface area contributed by atoms with Gasteiger partial charge in [0.15, 0.2) is 5.96 Å². The second-order valence-corrected chi connectivity index (χ2v) is 9.91.